The molecule has 0 aliphatic rings. The van der Waals surface area contributed by atoms with Crippen molar-refractivity contribution in [3.05, 3.63) is 89.7 Å². The molecule has 1 N–H and O–H groups in total. The van der Waals surface area contributed by atoms with E-state index in [1.54, 1.807) is 12.4 Å². The van der Waals surface area contributed by atoms with E-state index in [0.717, 1.165) is 11.1 Å². The molecule has 0 saturated carbocycles. The van der Waals surface area contributed by atoms with Gasteiger partial charge < -0.3 is 10.2 Å². The lowest BCUT2D eigenvalue weighted by molar-refractivity contribution is 0.0689. The predicted molar refractivity (Wildman–Crippen MR) is 112 cm³/mol. The normalized spacial score (nSPS) is 11.9. The van der Waals surface area contributed by atoms with Gasteiger partial charge in [-0.3, -0.25) is 4.79 Å². The molecule has 1 amide bonds. The third-order valence-electron chi connectivity index (χ3n) is 4.62. The molecule has 144 valence electrons. The molecule has 1 atom stereocenters. The minimum atomic E-state index is -0.0680. The number of rotatable bonds is 7. The van der Waals surface area contributed by atoms with Crippen LogP contribution in [0, 0.1) is 0 Å². The van der Waals surface area contributed by atoms with Crippen LogP contribution in [0.3, 0.4) is 0 Å². The van der Waals surface area contributed by atoms with Gasteiger partial charge in [0.2, 0.25) is 5.95 Å². The largest absolute Gasteiger partial charge is 0.348 e. The van der Waals surface area contributed by atoms with Gasteiger partial charge in [-0.05, 0) is 31.9 Å². The summed E-state index contributed by atoms with van der Waals surface area (Å²) in [5, 5.41) is 3.27. The Morgan fingerprint density at radius 2 is 1.50 bits per heavy atom. The number of anilines is 1. The summed E-state index contributed by atoms with van der Waals surface area (Å²) in [6, 6.07) is 20.2. The van der Waals surface area contributed by atoms with Crippen molar-refractivity contribution in [3.63, 3.8) is 0 Å². The highest BCUT2D eigenvalue weighted by molar-refractivity contribution is 5.93. The second kappa shape index (κ2) is 9.13. The number of nitrogens with one attached hydrogen (secondary N) is 1. The first-order valence-corrected chi connectivity index (χ1v) is 9.53. The predicted octanol–water partition coefficient (Wildman–Crippen LogP) is 4.70. The van der Waals surface area contributed by atoms with Crippen molar-refractivity contribution in [2.75, 3.05) is 5.32 Å². The van der Waals surface area contributed by atoms with Gasteiger partial charge >= 0.3 is 0 Å². The molecule has 0 spiro atoms. The highest BCUT2D eigenvalue weighted by Crippen LogP contribution is 2.17. The molecule has 3 rings (SSSR count). The zero-order valence-corrected chi connectivity index (χ0v) is 16.5. The molecule has 0 radical (unpaired) electrons. The van der Waals surface area contributed by atoms with Crippen molar-refractivity contribution < 1.29 is 4.79 Å². The number of carbonyl (C=O) groups is 1. The summed E-state index contributed by atoms with van der Waals surface area (Å²) in [6.07, 6.45) is 3.19. The fourth-order valence-electron chi connectivity index (χ4n) is 2.97. The van der Waals surface area contributed by atoms with Crippen LogP contribution in [0.25, 0.3) is 0 Å². The second-order valence-electron chi connectivity index (χ2n) is 7.08. The molecule has 28 heavy (non-hydrogen) atoms. The van der Waals surface area contributed by atoms with Gasteiger partial charge in [0.1, 0.15) is 0 Å². The van der Waals surface area contributed by atoms with E-state index in [0.29, 0.717) is 18.1 Å². The van der Waals surface area contributed by atoms with Crippen LogP contribution >= 0.6 is 0 Å². The molecule has 5 heteroatoms. The second-order valence-corrected chi connectivity index (χ2v) is 7.08. The number of carbonyl (C=O) groups excluding carboxylic acids is 1. The van der Waals surface area contributed by atoms with Crippen LogP contribution in [-0.2, 0) is 6.54 Å². The van der Waals surface area contributed by atoms with Gasteiger partial charge in [0.25, 0.3) is 5.91 Å². The third-order valence-corrected chi connectivity index (χ3v) is 4.62. The van der Waals surface area contributed by atoms with Crippen molar-refractivity contribution in [2.45, 2.75) is 39.4 Å². The molecule has 0 saturated heterocycles. The van der Waals surface area contributed by atoms with E-state index in [1.807, 2.05) is 67.3 Å². The summed E-state index contributed by atoms with van der Waals surface area (Å²) in [4.78, 5) is 23.5. The smallest absolute Gasteiger partial charge is 0.257 e. The van der Waals surface area contributed by atoms with Crippen LogP contribution in [0.2, 0.25) is 0 Å². The van der Waals surface area contributed by atoms with E-state index < -0.39 is 0 Å². The third kappa shape index (κ3) is 4.94. The lowest BCUT2D eigenvalue weighted by Gasteiger charge is -2.27. The molecule has 0 bridgehead atoms. The fourth-order valence-corrected chi connectivity index (χ4v) is 2.97. The lowest BCUT2D eigenvalue weighted by Crippen LogP contribution is -2.36. The molecule has 5 nitrogen and oxygen atoms in total. The van der Waals surface area contributed by atoms with Crippen LogP contribution in [0.4, 0.5) is 5.95 Å². The number of hydrogen-bond donors (Lipinski definition) is 1. The van der Waals surface area contributed by atoms with E-state index in [9.17, 15) is 4.79 Å². The van der Waals surface area contributed by atoms with Crippen LogP contribution in [0.5, 0.6) is 0 Å². The zero-order valence-electron chi connectivity index (χ0n) is 16.5. The maximum absolute atomic E-state index is 13.0. The molecular formula is C23H26N4O. The van der Waals surface area contributed by atoms with Crippen molar-refractivity contribution in [2.24, 2.45) is 0 Å². The molecule has 2 aromatic carbocycles. The minimum absolute atomic E-state index is 0.0680. The van der Waals surface area contributed by atoms with E-state index in [-0.39, 0.29) is 18.0 Å². The van der Waals surface area contributed by atoms with Crippen LogP contribution in [0.15, 0.2) is 73.1 Å². The molecule has 3 aromatic rings. The summed E-state index contributed by atoms with van der Waals surface area (Å²) in [7, 11) is 0. The van der Waals surface area contributed by atoms with Gasteiger partial charge in [-0.15, -0.1) is 0 Å². The Balaban J connectivity index is 1.69. The standard InChI is InChI=1S/C23H26N4O/c1-17(2)27(16-19-10-6-4-7-11-19)22(28)21-14-24-23(25-15-21)26-18(3)20-12-8-5-9-13-20/h4-15,17-18H,16H2,1-3H3,(H,24,25,26). The summed E-state index contributed by atoms with van der Waals surface area (Å²) in [5.41, 5.74) is 2.74. The van der Waals surface area contributed by atoms with Gasteiger partial charge in [-0.25, -0.2) is 9.97 Å². The topological polar surface area (TPSA) is 58.1 Å². The Bertz CT molecular complexity index is 879. The Kier molecular flexibility index (Phi) is 6.37. The van der Waals surface area contributed by atoms with E-state index in [1.165, 1.54) is 0 Å². The molecular weight excluding hydrogens is 348 g/mol. The molecule has 1 aromatic heterocycles. The first kappa shape index (κ1) is 19.5. The molecule has 0 fully saturated rings. The average molecular weight is 374 g/mol. The minimum Gasteiger partial charge on any atom is -0.348 e. The van der Waals surface area contributed by atoms with Gasteiger partial charge in [-0.1, -0.05) is 60.7 Å². The van der Waals surface area contributed by atoms with Crippen LogP contribution in [0.1, 0.15) is 48.3 Å². The number of nitrogens with zero attached hydrogens (tertiary/aromatic N) is 3. The highest BCUT2D eigenvalue weighted by Gasteiger charge is 2.20. The highest BCUT2D eigenvalue weighted by atomic mass is 16.2. The van der Waals surface area contributed by atoms with Crippen molar-refractivity contribution in [3.8, 4) is 0 Å². The first-order valence-electron chi connectivity index (χ1n) is 9.53. The summed E-state index contributed by atoms with van der Waals surface area (Å²) >= 11 is 0. The summed E-state index contributed by atoms with van der Waals surface area (Å²) in [6.45, 7) is 6.64. The van der Waals surface area contributed by atoms with Crippen LogP contribution in [-0.4, -0.2) is 26.8 Å². The maximum atomic E-state index is 13.0. The summed E-state index contributed by atoms with van der Waals surface area (Å²) in [5.74, 6) is 0.438. The zero-order chi connectivity index (χ0) is 19.9. The van der Waals surface area contributed by atoms with Crippen LogP contribution < -0.4 is 5.32 Å². The summed E-state index contributed by atoms with van der Waals surface area (Å²) < 4.78 is 0. The molecule has 1 heterocycles. The monoisotopic (exact) mass is 374 g/mol. The van der Waals surface area contributed by atoms with Crippen molar-refractivity contribution in [1.82, 2.24) is 14.9 Å². The number of benzene rings is 2. The van der Waals surface area contributed by atoms with E-state index >= 15 is 0 Å². The Labute approximate surface area is 166 Å². The van der Waals surface area contributed by atoms with E-state index in [4.69, 9.17) is 0 Å². The quantitative estimate of drug-likeness (QED) is 0.651. The van der Waals surface area contributed by atoms with Gasteiger partial charge in [0, 0.05) is 25.0 Å². The van der Waals surface area contributed by atoms with Gasteiger partial charge in [-0.2, -0.15) is 0 Å². The Morgan fingerprint density at radius 3 is 2.07 bits per heavy atom. The molecule has 1 unspecified atom stereocenters. The number of aromatic nitrogens is 2. The first-order chi connectivity index (χ1) is 13.5. The fraction of sp³-hybridized carbons (Fsp3) is 0.261. The molecule has 0 aliphatic carbocycles. The lowest BCUT2D eigenvalue weighted by atomic mass is 10.1. The van der Waals surface area contributed by atoms with Gasteiger partial charge in [0.15, 0.2) is 0 Å². The van der Waals surface area contributed by atoms with Gasteiger partial charge in [0.05, 0.1) is 11.6 Å². The number of hydrogen-bond acceptors (Lipinski definition) is 4. The molecule has 0 aliphatic heterocycles. The van der Waals surface area contributed by atoms with Crippen molar-refractivity contribution >= 4 is 11.9 Å². The maximum Gasteiger partial charge on any atom is 0.257 e. The SMILES string of the molecule is CC(Nc1ncc(C(=O)N(Cc2ccccc2)C(C)C)cn1)c1ccccc1. The number of amides is 1. The van der Waals surface area contributed by atoms with E-state index in [2.05, 4.69) is 34.3 Å². The average Bonchev–Trinajstić information content (AvgIpc) is 2.73. The van der Waals surface area contributed by atoms with Crippen molar-refractivity contribution in [1.29, 1.82) is 0 Å². The Morgan fingerprint density at radius 1 is 0.929 bits per heavy atom. The Hall–Kier alpha value is -3.21.